The molecule has 2 aromatic carbocycles. The second-order valence-electron chi connectivity index (χ2n) is 6.05. The zero-order chi connectivity index (χ0) is 15.3. The van der Waals surface area contributed by atoms with Gasteiger partial charge in [-0.3, -0.25) is 0 Å². The first-order valence-electron chi connectivity index (χ1n) is 7.80. The van der Waals surface area contributed by atoms with E-state index >= 15 is 0 Å². The second kappa shape index (κ2) is 13.5. The van der Waals surface area contributed by atoms with Crippen LogP contribution >= 0.6 is 0 Å². The van der Waals surface area contributed by atoms with Crippen molar-refractivity contribution in [2.24, 2.45) is 0 Å². The summed E-state index contributed by atoms with van der Waals surface area (Å²) in [6.07, 6.45) is 3.88. The number of halogens is 2. The Morgan fingerprint density at radius 3 is 1.78 bits per heavy atom. The van der Waals surface area contributed by atoms with Gasteiger partial charge >= 0.3 is 26.2 Å². The first kappa shape index (κ1) is 28.0. The SMILES string of the molecule is CCCCc1c(C)c(C)c(C)[c-]1C.Cc1cc[c-](C)c1.[Cl-].[Cl-].[Zr+4]. The fraction of sp³-hybridized carbons (Fsp3) is 0.500. The van der Waals surface area contributed by atoms with Gasteiger partial charge in [-0.25, -0.2) is 11.6 Å². The molecule has 2 aromatic rings. The van der Waals surface area contributed by atoms with E-state index in [1.54, 1.807) is 5.56 Å². The molecular formula is C20H30Cl2Zr. The van der Waals surface area contributed by atoms with Crippen LogP contribution in [0.1, 0.15) is 58.7 Å². The Morgan fingerprint density at radius 2 is 1.52 bits per heavy atom. The fourth-order valence-electron chi connectivity index (χ4n) is 2.74. The van der Waals surface area contributed by atoms with E-state index in [-0.39, 0.29) is 51.0 Å². The summed E-state index contributed by atoms with van der Waals surface area (Å²) in [5.74, 6) is 0. The first-order valence-corrected chi connectivity index (χ1v) is 7.80. The van der Waals surface area contributed by atoms with E-state index in [1.165, 1.54) is 52.6 Å². The molecule has 0 aliphatic carbocycles. The van der Waals surface area contributed by atoms with Gasteiger partial charge in [0.15, 0.2) is 0 Å². The van der Waals surface area contributed by atoms with Crippen molar-refractivity contribution in [1.82, 2.24) is 0 Å². The van der Waals surface area contributed by atoms with Gasteiger partial charge in [0.25, 0.3) is 0 Å². The molecule has 0 fully saturated rings. The van der Waals surface area contributed by atoms with Gasteiger partial charge in [-0.1, -0.05) is 67.7 Å². The molecule has 0 saturated carbocycles. The minimum atomic E-state index is 0. The fourth-order valence-corrected chi connectivity index (χ4v) is 2.74. The summed E-state index contributed by atoms with van der Waals surface area (Å²) in [5.41, 5.74) is 10.4. The van der Waals surface area contributed by atoms with Crippen LogP contribution in [0.2, 0.25) is 0 Å². The molecule has 0 aliphatic rings. The maximum Gasteiger partial charge on any atom is 4.00 e. The van der Waals surface area contributed by atoms with Crippen LogP contribution in [0.3, 0.4) is 0 Å². The Kier molecular flexibility index (Phi) is 16.4. The Balaban J connectivity index is -0.000000347. The molecule has 0 bridgehead atoms. The summed E-state index contributed by atoms with van der Waals surface area (Å²) in [4.78, 5) is 0. The number of unbranched alkanes of at least 4 members (excludes halogenated alkanes) is 1. The average molecular weight is 433 g/mol. The molecule has 0 aliphatic heterocycles. The molecule has 128 valence electrons. The van der Waals surface area contributed by atoms with Crippen LogP contribution in [-0.4, -0.2) is 0 Å². The molecule has 0 unspecified atom stereocenters. The molecule has 0 atom stereocenters. The van der Waals surface area contributed by atoms with Crippen molar-refractivity contribution >= 4 is 0 Å². The zero-order valence-corrected chi connectivity index (χ0v) is 19.6. The molecule has 0 aromatic heterocycles. The summed E-state index contributed by atoms with van der Waals surface area (Å²) >= 11 is 0. The Bertz CT molecular complexity index is 508. The number of hydrogen-bond donors (Lipinski definition) is 0. The maximum atomic E-state index is 2.26. The topological polar surface area (TPSA) is 0 Å². The monoisotopic (exact) mass is 430 g/mol. The molecule has 23 heavy (non-hydrogen) atoms. The van der Waals surface area contributed by atoms with E-state index < -0.39 is 0 Å². The normalized spacial score (nSPS) is 9.00. The molecule has 0 N–H and O–H groups in total. The maximum absolute atomic E-state index is 2.26. The largest absolute Gasteiger partial charge is 4.00 e. The van der Waals surface area contributed by atoms with Gasteiger partial charge in [0, 0.05) is 0 Å². The van der Waals surface area contributed by atoms with Crippen LogP contribution in [-0.2, 0) is 32.6 Å². The second-order valence-corrected chi connectivity index (χ2v) is 6.05. The summed E-state index contributed by atoms with van der Waals surface area (Å²) in [5, 5.41) is 0. The smallest absolute Gasteiger partial charge is 1.00 e. The van der Waals surface area contributed by atoms with Crippen LogP contribution < -0.4 is 24.8 Å². The van der Waals surface area contributed by atoms with Gasteiger partial charge in [-0.05, 0) is 0 Å². The Labute approximate surface area is 175 Å². The van der Waals surface area contributed by atoms with Crippen LogP contribution in [0.5, 0.6) is 0 Å². The third kappa shape index (κ3) is 8.19. The van der Waals surface area contributed by atoms with Crippen LogP contribution in [0.25, 0.3) is 0 Å². The third-order valence-electron chi connectivity index (χ3n) is 4.44. The standard InChI is InChI=1S/C13H21.C7H9.2ClH.Zr/c1-6-7-8-13-11(4)9(2)10(3)12(13)5;1-6-3-4-7(2)5-6;;;/h6-8H2,1-5H3;3-5H,1-2H3;2*1H;/q2*-1;;;+4/p-2. The Morgan fingerprint density at radius 1 is 0.957 bits per heavy atom. The minimum absolute atomic E-state index is 0. The van der Waals surface area contributed by atoms with E-state index in [9.17, 15) is 0 Å². The van der Waals surface area contributed by atoms with Gasteiger partial charge in [0.1, 0.15) is 0 Å². The van der Waals surface area contributed by atoms with Gasteiger partial charge in [0.05, 0.1) is 0 Å². The van der Waals surface area contributed by atoms with Crippen molar-refractivity contribution in [1.29, 1.82) is 0 Å². The molecule has 0 heterocycles. The van der Waals surface area contributed by atoms with Gasteiger partial charge in [0.2, 0.25) is 0 Å². The molecule has 0 nitrogen and oxygen atoms in total. The van der Waals surface area contributed by atoms with Crippen molar-refractivity contribution in [3.8, 4) is 0 Å². The first-order chi connectivity index (χ1) is 9.38. The van der Waals surface area contributed by atoms with Crippen molar-refractivity contribution in [3.63, 3.8) is 0 Å². The zero-order valence-electron chi connectivity index (χ0n) is 15.6. The molecular weight excluding hydrogens is 402 g/mol. The molecule has 3 heteroatoms. The molecule has 2 rings (SSSR count). The van der Waals surface area contributed by atoms with Crippen molar-refractivity contribution in [3.05, 3.63) is 57.1 Å². The van der Waals surface area contributed by atoms with E-state index in [0.29, 0.717) is 0 Å². The van der Waals surface area contributed by atoms with Crippen molar-refractivity contribution in [2.75, 3.05) is 0 Å². The van der Waals surface area contributed by atoms with Gasteiger partial charge < -0.3 is 24.8 Å². The molecule has 0 saturated heterocycles. The predicted molar refractivity (Wildman–Crippen MR) is 91.1 cm³/mol. The number of aryl methyl sites for hydroxylation is 2. The number of hydrogen-bond acceptors (Lipinski definition) is 0. The van der Waals surface area contributed by atoms with E-state index in [4.69, 9.17) is 0 Å². The van der Waals surface area contributed by atoms with Crippen molar-refractivity contribution < 1.29 is 51.0 Å². The molecule has 0 radical (unpaired) electrons. The molecule has 0 amide bonds. The van der Waals surface area contributed by atoms with Crippen molar-refractivity contribution in [2.45, 2.75) is 67.7 Å². The van der Waals surface area contributed by atoms with E-state index in [0.717, 1.165) is 0 Å². The predicted octanol–water partition coefficient (Wildman–Crippen LogP) is 0.00962. The van der Waals surface area contributed by atoms with E-state index in [1.807, 2.05) is 0 Å². The van der Waals surface area contributed by atoms with Gasteiger partial charge in [-0.15, -0.1) is 0 Å². The minimum Gasteiger partial charge on any atom is -1.00 e. The van der Waals surface area contributed by atoms with Crippen LogP contribution in [0.4, 0.5) is 0 Å². The number of rotatable bonds is 3. The van der Waals surface area contributed by atoms with Crippen LogP contribution in [0.15, 0.2) is 18.2 Å². The van der Waals surface area contributed by atoms with Crippen LogP contribution in [0, 0.1) is 41.5 Å². The van der Waals surface area contributed by atoms with Gasteiger partial charge in [-0.2, -0.15) is 45.5 Å². The van der Waals surface area contributed by atoms with E-state index in [2.05, 4.69) is 66.7 Å². The average Bonchev–Trinajstić information content (AvgIpc) is 2.87. The summed E-state index contributed by atoms with van der Waals surface area (Å²) in [6.45, 7) is 15.5. The summed E-state index contributed by atoms with van der Waals surface area (Å²) < 4.78 is 0. The third-order valence-corrected chi connectivity index (χ3v) is 4.44. The summed E-state index contributed by atoms with van der Waals surface area (Å²) in [7, 11) is 0. The Hall–Kier alpha value is 0.163. The quantitative estimate of drug-likeness (QED) is 0.600. The summed E-state index contributed by atoms with van der Waals surface area (Å²) in [6, 6.07) is 6.41. The molecule has 0 spiro atoms.